The highest BCUT2D eigenvalue weighted by Gasteiger charge is 1.99. The molecule has 1 heterocycles. The van der Waals surface area contributed by atoms with Crippen LogP contribution < -0.4 is 10.9 Å². The minimum atomic E-state index is -0.0899. The summed E-state index contributed by atoms with van der Waals surface area (Å²) in [6, 6.07) is 1.68. The van der Waals surface area contributed by atoms with Gasteiger partial charge in [0.05, 0.1) is 10.7 Å². The molecule has 0 bridgehead atoms. The number of hydrogen-bond acceptors (Lipinski definition) is 3. The van der Waals surface area contributed by atoms with Gasteiger partial charge in [-0.1, -0.05) is 18.5 Å². The summed E-state index contributed by atoms with van der Waals surface area (Å²) in [5.41, 5.74) is 5.82. The minimum Gasteiger partial charge on any atom is -0.297 e. The lowest BCUT2D eigenvalue weighted by molar-refractivity contribution is -0.120. The summed E-state index contributed by atoms with van der Waals surface area (Å²) in [6.45, 7) is 1.77. The number of aromatic nitrogens is 1. The molecule has 0 radical (unpaired) electrons. The van der Waals surface area contributed by atoms with Gasteiger partial charge in [-0.2, -0.15) is 0 Å². The molecule has 0 saturated heterocycles. The van der Waals surface area contributed by atoms with Crippen LogP contribution in [0.1, 0.15) is 13.3 Å². The zero-order valence-corrected chi connectivity index (χ0v) is 7.93. The van der Waals surface area contributed by atoms with Gasteiger partial charge < -0.3 is 0 Å². The van der Waals surface area contributed by atoms with Crippen molar-refractivity contribution in [2.75, 3.05) is 5.43 Å². The van der Waals surface area contributed by atoms with Crippen molar-refractivity contribution in [1.29, 1.82) is 0 Å². The van der Waals surface area contributed by atoms with E-state index in [-0.39, 0.29) is 5.91 Å². The average Bonchev–Trinajstić information content (AvgIpc) is 2.16. The fourth-order valence-corrected chi connectivity index (χ4v) is 0.869. The molecule has 0 atom stereocenters. The van der Waals surface area contributed by atoms with Crippen LogP contribution in [0.3, 0.4) is 0 Å². The first kappa shape index (κ1) is 9.80. The third-order valence-corrected chi connectivity index (χ3v) is 1.73. The van der Waals surface area contributed by atoms with Crippen LogP contribution in [0.4, 0.5) is 5.69 Å². The van der Waals surface area contributed by atoms with Crippen molar-refractivity contribution in [3.63, 3.8) is 0 Å². The number of carbonyl (C=O) groups excluding carboxylic acids is 1. The summed E-state index contributed by atoms with van der Waals surface area (Å²) in [4.78, 5) is 14.7. The van der Waals surface area contributed by atoms with Gasteiger partial charge in [-0.3, -0.25) is 20.6 Å². The van der Waals surface area contributed by atoms with Crippen LogP contribution in [0.25, 0.3) is 0 Å². The van der Waals surface area contributed by atoms with E-state index < -0.39 is 0 Å². The molecule has 2 N–H and O–H groups in total. The highest BCUT2D eigenvalue weighted by Crippen LogP contribution is 2.17. The summed E-state index contributed by atoms with van der Waals surface area (Å²) in [5.74, 6) is -0.0899. The average molecular weight is 200 g/mol. The van der Waals surface area contributed by atoms with Gasteiger partial charge >= 0.3 is 0 Å². The Morgan fingerprint density at radius 3 is 3.08 bits per heavy atom. The van der Waals surface area contributed by atoms with Gasteiger partial charge in [0.25, 0.3) is 0 Å². The Morgan fingerprint density at radius 1 is 1.69 bits per heavy atom. The van der Waals surface area contributed by atoms with E-state index in [1.807, 2.05) is 0 Å². The molecular weight excluding hydrogens is 190 g/mol. The third-order valence-electron chi connectivity index (χ3n) is 1.43. The van der Waals surface area contributed by atoms with Crippen LogP contribution >= 0.6 is 11.6 Å². The van der Waals surface area contributed by atoms with Crippen LogP contribution in [0.2, 0.25) is 5.02 Å². The number of nitrogens with one attached hydrogen (secondary N) is 2. The fourth-order valence-electron chi connectivity index (χ4n) is 0.702. The second-order valence-electron chi connectivity index (χ2n) is 2.38. The highest BCUT2D eigenvalue weighted by molar-refractivity contribution is 6.33. The van der Waals surface area contributed by atoms with E-state index >= 15 is 0 Å². The Morgan fingerprint density at radius 2 is 2.46 bits per heavy atom. The quantitative estimate of drug-likeness (QED) is 0.727. The lowest BCUT2D eigenvalue weighted by Gasteiger charge is -2.07. The molecule has 1 rings (SSSR count). The SMILES string of the molecule is CCC(=O)NNc1ccncc1Cl. The molecule has 5 heteroatoms. The monoisotopic (exact) mass is 199 g/mol. The van der Waals surface area contributed by atoms with E-state index in [1.165, 1.54) is 6.20 Å². The number of nitrogens with zero attached hydrogens (tertiary/aromatic N) is 1. The topological polar surface area (TPSA) is 54.0 Å². The van der Waals surface area contributed by atoms with Crippen LogP contribution in [0, 0.1) is 0 Å². The first-order chi connectivity index (χ1) is 6.24. The summed E-state index contributed by atoms with van der Waals surface area (Å²) >= 11 is 5.77. The molecule has 70 valence electrons. The third kappa shape index (κ3) is 2.91. The summed E-state index contributed by atoms with van der Waals surface area (Å²) in [6.07, 6.45) is 3.52. The molecule has 1 aromatic rings. The van der Waals surface area contributed by atoms with Gasteiger partial charge in [0.15, 0.2) is 0 Å². The van der Waals surface area contributed by atoms with Crippen molar-refractivity contribution in [2.24, 2.45) is 0 Å². The largest absolute Gasteiger partial charge is 0.297 e. The number of hydrogen-bond donors (Lipinski definition) is 2. The Balaban J connectivity index is 2.54. The van der Waals surface area contributed by atoms with Crippen molar-refractivity contribution in [3.8, 4) is 0 Å². The van der Waals surface area contributed by atoms with Gasteiger partial charge in [-0.25, -0.2) is 0 Å². The lowest BCUT2D eigenvalue weighted by Crippen LogP contribution is -2.28. The maximum absolute atomic E-state index is 10.9. The van der Waals surface area contributed by atoms with E-state index in [2.05, 4.69) is 15.8 Å². The van der Waals surface area contributed by atoms with E-state index in [0.29, 0.717) is 17.1 Å². The summed E-state index contributed by atoms with van der Waals surface area (Å²) < 4.78 is 0. The molecule has 0 aliphatic heterocycles. The lowest BCUT2D eigenvalue weighted by atomic mass is 10.4. The smallest absolute Gasteiger partial charge is 0.238 e. The van der Waals surface area contributed by atoms with Crippen LogP contribution in [-0.2, 0) is 4.79 Å². The first-order valence-electron chi connectivity index (χ1n) is 3.88. The summed E-state index contributed by atoms with van der Waals surface area (Å²) in [7, 11) is 0. The number of hydrazine groups is 1. The molecule has 13 heavy (non-hydrogen) atoms. The van der Waals surface area contributed by atoms with Crippen LogP contribution in [0.15, 0.2) is 18.5 Å². The number of halogens is 1. The van der Waals surface area contributed by atoms with E-state index in [9.17, 15) is 4.79 Å². The number of rotatable bonds is 3. The van der Waals surface area contributed by atoms with E-state index in [4.69, 9.17) is 11.6 Å². The Labute approximate surface area is 81.3 Å². The molecule has 4 nitrogen and oxygen atoms in total. The number of anilines is 1. The normalized spacial score (nSPS) is 9.38. The Hall–Kier alpha value is -1.29. The summed E-state index contributed by atoms with van der Waals surface area (Å²) in [5, 5.41) is 0.471. The van der Waals surface area contributed by atoms with Crippen molar-refractivity contribution in [2.45, 2.75) is 13.3 Å². The molecule has 0 aliphatic rings. The highest BCUT2D eigenvalue weighted by atomic mass is 35.5. The van der Waals surface area contributed by atoms with Gasteiger partial charge in [0.1, 0.15) is 0 Å². The molecule has 0 unspecified atom stereocenters. The standard InChI is InChI=1S/C8H10ClN3O/c1-2-8(13)12-11-7-3-4-10-5-6(7)9/h3-5H,2H2,1H3,(H,10,11)(H,12,13). The van der Waals surface area contributed by atoms with E-state index in [1.54, 1.807) is 19.2 Å². The van der Waals surface area contributed by atoms with Gasteiger partial charge in [-0.05, 0) is 6.07 Å². The predicted octanol–water partition coefficient (Wildman–Crippen LogP) is 1.59. The molecule has 1 aromatic heterocycles. The van der Waals surface area contributed by atoms with Gasteiger partial charge in [0.2, 0.25) is 5.91 Å². The number of amides is 1. The van der Waals surface area contributed by atoms with Crippen molar-refractivity contribution >= 4 is 23.2 Å². The van der Waals surface area contributed by atoms with Crippen molar-refractivity contribution < 1.29 is 4.79 Å². The number of pyridine rings is 1. The Kier molecular flexibility index (Phi) is 3.52. The Bertz CT molecular complexity index is 303. The predicted molar refractivity (Wildman–Crippen MR) is 51.3 cm³/mol. The van der Waals surface area contributed by atoms with Gasteiger partial charge in [0, 0.05) is 18.8 Å². The van der Waals surface area contributed by atoms with Crippen LogP contribution in [0.5, 0.6) is 0 Å². The van der Waals surface area contributed by atoms with Gasteiger partial charge in [-0.15, -0.1) is 0 Å². The van der Waals surface area contributed by atoms with Crippen molar-refractivity contribution in [3.05, 3.63) is 23.5 Å². The second kappa shape index (κ2) is 4.67. The molecule has 0 spiro atoms. The minimum absolute atomic E-state index is 0.0899. The molecule has 0 saturated carbocycles. The molecular formula is C8H10ClN3O. The zero-order chi connectivity index (χ0) is 9.68. The molecule has 0 fully saturated rings. The second-order valence-corrected chi connectivity index (χ2v) is 2.79. The number of carbonyl (C=O) groups is 1. The van der Waals surface area contributed by atoms with Crippen LogP contribution in [-0.4, -0.2) is 10.9 Å². The fraction of sp³-hybridized carbons (Fsp3) is 0.250. The maximum Gasteiger partial charge on any atom is 0.238 e. The molecule has 0 aliphatic carbocycles. The first-order valence-corrected chi connectivity index (χ1v) is 4.26. The maximum atomic E-state index is 10.9. The zero-order valence-electron chi connectivity index (χ0n) is 7.17. The van der Waals surface area contributed by atoms with E-state index in [0.717, 1.165) is 0 Å². The molecule has 0 aromatic carbocycles. The molecule has 1 amide bonds. The van der Waals surface area contributed by atoms with Crippen molar-refractivity contribution in [1.82, 2.24) is 10.4 Å².